The normalized spacial score (nSPS) is 11.1. The lowest BCUT2D eigenvalue weighted by Gasteiger charge is -2.07. The largest absolute Gasteiger partial charge is 0.465 e. The maximum Gasteiger partial charge on any atom is 0.341 e. The molecule has 0 aliphatic rings. The molecule has 0 N–H and O–H groups in total. The van der Waals surface area contributed by atoms with Crippen LogP contribution >= 0.6 is 11.8 Å². The molecule has 26 heavy (non-hydrogen) atoms. The number of esters is 1. The first-order valence-electron chi connectivity index (χ1n) is 8.18. The van der Waals surface area contributed by atoms with E-state index in [0.717, 1.165) is 5.69 Å². The zero-order valence-electron chi connectivity index (χ0n) is 15.1. The number of methoxy groups -OCH3 is 1. The summed E-state index contributed by atoms with van der Waals surface area (Å²) in [5, 5.41) is 12.6. The molecule has 0 spiro atoms. The second-order valence-electron chi connectivity index (χ2n) is 6.08. The van der Waals surface area contributed by atoms with Crippen molar-refractivity contribution in [2.75, 3.05) is 7.11 Å². The van der Waals surface area contributed by atoms with Crippen molar-refractivity contribution in [2.24, 2.45) is 0 Å². The van der Waals surface area contributed by atoms with E-state index in [-0.39, 0.29) is 0 Å². The number of hydrogen-bond donors (Lipinski definition) is 0. The molecular weight excluding hydrogens is 352 g/mol. The molecule has 1 aromatic carbocycles. The summed E-state index contributed by atoms with van der Waals surface area (Å²) < 4.78 is 12.1. The minimum atomic E-state index is -0.405. The number of carbonyl (C=O) groups is 1. The molecule has 0 aliphatic heterocycles. The van der Waals surface area contributed by atoms with Gasteiger partial charge in [0.1, 0.15) is 17.1 Å². The number of tetrazole rings is 1. The third-order valence-electron chi connectivity index (χ3n) is 3.96. The Hall–Kier alpha value is -2.61. The predicted molar refractivity (Wildman–Crippen MR) is 97.6 cm³/mol. The van der Waals surface area contributed by atoms with Gasteiger partial charge in [-0.25, -0.2) is 4.79 Å². The van der Waals surface area contributed by atoms with Crippen LogP contribution in [-0.4, -0.2) is 33.3 Å². The monoisotopic (exact) mass is 372 g/mol. The van der Waals surface area contributed by atoms with E-state index in [9.17, 15) is 4.79 Å². The Bertz CT molecular complexity index is 900. The third-order valence-corrected chi connectivity index (χ3v) is 4.90. The van der Waals surface area contributed by atoms with Gasteiger partial charge in [0.15, 0.2) is 0 Å². The van der Waals surface area contributed by atoms with Gasteiger partial charge >= 0.3 is 5.97 Å². The molecular formula is C18H20N4O3S. The summed E-state index contributed by atoms with van der Waals surface area (Å²) in [6.07, 6.45) is 0. The van der Waals surface area contributed by atoms with E-state index in [1.54, 1.807) is 17.7 Å². The highest BCUT2D eigenvalue weighted by Gasteiger charge is 2.17. The maximum atomic E-state index is 11.7. The molecule has 3 rings (SSSR count). The van der Waals surface area contributed by atoms with Crippen molar-refractivity contribution in [2.45, 2.75) is 37.6 Å². The molecule has 2 aromatic heterocycles. The molecule has 7 nitrogen and oxygen atoms in total. The minimum Gasteiger partial charge on any atom is -0.465 e. The molecule has 0 radical (unpaired) electrons. The molecule has 136 valence electrons. The number of thioether (sulfide) groups is 1. The zero-order valence-corrected chi connectivity index (χ0v) is 15.9. The van der Waals surface area contributed by atoms with E-state index in [2.05, 4.69) is 41.5 Å². The number of nitrogens with zero attached hydrogens (tertiary/aromatic N) is 4. The van der Waals surface area contributed by atoms with Crippen LogP contribution in [0.4, 0.5) is 0 Å². The Morgan fingerprint density at radius 3 is 2.69 bits per heavy atom. The Labute approximate surface area is 155 Å². The van der Waals surface area contributed by atoms with Crippen molar-refractivity contribution >= 4 is 17.7 Å². The van der Waals surface area contributed by atoms with Crippen LogP contribution in [0, 0.1) is 6.92 Å². The third kappa shape index (κ3) is 3.80. The van der Waals surface area contributed by atoms with Crippen molar-refractivity contribution in [1.82, 2.24) is 20.2 Å². The number of carbonyl (C=O) groups excluding carboxylic acids is 1. The zero-order chi connectivity index (χ0) is 18.7. The summed E-state index contributed by atoms with van der Waals surface area (Å²) in [6.45, 7) is 6.04. The second kappa shape index (κ2) is 7.74. The number of ether oxygens (including phenoxy) is 1. The number of aryl methyl sites for hydroxylation is 1. The summed E-state index contributed by atoms with van der Waals surface area (Å²) in [6, 6.07) is 9.85. The van der Waals surface area contributed by atoms with Gasteiger partial charge in [0.2, 0.25) is 5.16 Å². The predicted octanol–water partition coefficient (Wildman–Crippen LogP) is 3.77. The Morgan fingerprint density at radius 1 is 1.31 bits per heavy atom. The fourth-order valence-corrected chi connectivity index (χ4v) is 3.27. The maximum absolute atomic E-state index is 11.7. The average molecular weight is 372 g/mol. The van der Waals surface area contributed by atoms with Gasteiger partial charge < -0.3 is 9.15 Å². The van der Waals surface area contributed by atoms with Gasteiger partial charge in [-0.2, -0.15) is 4.68 Å². The van der Waals surface area contributed by atoms with E-state index in [0.29, 0.717) is 33.9 Å². The van der Waals surface area contributed by atoms with Gasteiger partial charge in [0.25, 0.3) is 0 Å². The van der Waals surface area contributed by atoms with Gasteiger partial charge in [-0.3, -0.25) is 0 Å². The van der Waals surface area contributed by atoms with Crippen molar-refractivity contribution in [1.29, 1.82) is 0 Å². The summed E-state index contributed by atoms with van der Waals surface area (Å²) in [5.74, 6) is 1.77. The lowest BCUT2D eigenvalue weighted by molar-refractivity contribution is 0.0599. The van der Waals surface area contributed by atoms with Crippen molar-refractivity contribution in [3.63, 3.8) is 0 Å². The summed E-state index contributed by atoms with van der Waals surface area (Å²) in [5.41, 5.74) is 2.59. The molecule has 0 unspecified atom stereocenters. The Kier molecular flexibility index (Phi) is 5.41. The first-order chi connectivity index (χ1) is 12.5. The second-order valence-corrected chi connectivity index (χ2v) is 7.02. The van der Waals surface area contributed by atoms with Crippen LogP contribution < -0.4 is 0 Å². The van der Waals surface area contributed by atoms with Gasteiger partial charge in [-0.05, 0) is 47.0 Å². The van der Waals surface area contributed by atoms with Gasteiger partial charge in [-0.1, -0.05) is 37.7 Å². The number of aromatic nitrogens is 4. The lowest BCUT2D eigenvalue weighted by atomic mass is 10.0. The van der Waals surface area contributed by atoms with Gasteiger partial charge in [-0.15, -0.1) is 5.10 Å². The van der Waals surface area contributed by atoms with E-state index in [4.69, 9.17) is 9.15 Å². The van der Waals surface area contributed by atoms with E-state index in [1.807, 2.05) is 12.1 Å². The fourth-order valence-electron chi connectivity index (χ4n) is 2.49. The molecule has 0 atom stereocenters. The number of rotatable bonds is 6. The van der Waals surface area contributed by atoms with Gasteiger partial charge in [0.05, 0.1) is 18.6 Å². The molecule has 0 fully saturated rings. The molecule has 8 heteroatoms. The SMILES string of the molecule is COC(=O)c1cc(CSc2nnnn2-c2ccc(C(C)C)cc2)oc1C. The van der Waals surface area contributed by atoms with Gasteiger partial charge in [0, 0.05) is 0 Å². The number of benzene rings is 1. The Morgan fingerprint density at radius 2 is 2.04 bits per heavy atom. The van der Waals surface area contributed by atoms with Crippen LogP contribution in [0.3, 0.4) is 0 Å². The highest BCUT2D eigenvalue weighted by atomic mass is 32.2. The summed E-state index contributed by atoms with van der Waals surface area (Å²) >= 11 is 1.43. The minimum absolute atomic E-state index is 0.405. The molecule has 2 heterocycles. The number of furan rings is 1. The van der Waals surface area contributed by atoms with E-state index in [1.165, 1.54) is 24.4 Å². The average Bonchev–Trinajstić information content (AvgIpc) is 3.25. The van der Waals surface area contributed by atoms with Crippen LogP contribution in [0.15, 0.2) is 39.9 Å². The van der Waals surface area contributed by atoms with E-state index >= 15 is 0 Å². The van der Waals surface area contributed by atoms with Crippen molar-refractivity contribution < 1.29 is 13.9 Å². The lowest BCUT2D eigenvalue weighted by Crippen LogP contribution is -2.00. The molecule has 0 saturated heterocycles. The fraction of sp³-hybridized carbons (Fsp3) is 0.333. The highest BCUT2D eigenvalue weighted by molar-refractivity contribution is 7.98. The smallest absolute Gasteiger partial charge is 0.341 e. The van der Waals surface area contributed by atoms with Crippen LogP contribution in [0.2, 0.25) is 0 Å². The van der Waals surface area contributed by atoms with Crippen LogP contribution in [0.1, 0.15) is 47.2 Å². The van der Waals surface area contributed by atoms with Crippen molar-refractivity contribution in [3.8, 4) is 5.69 Å². The van der Waals surface area contributed by atoms with E-state index < -0.39 is 5.97 Å². The Balaban J connectivity index is 1.74. The quantitative estimate of drug-likeness (QED) is 0.481. The number of hydrogen-bond acceptors (Lipinski definition) is 7. The summed E-state index contributed by atoms with van der Waals surface area (Å²) in [7, 11) is 1.35. The molecule has 3 aromatic rings. The van der Waals surface area contributed by atoms with Crippen molar-refractivity contribution in [3.05, 3.63) is 53.0 Å². The molecule has 0 amide bonds. The van der Waals surface area contributed by atoms with Crippen LogP contribution in [0.25, 0.3) is 5.69 Å². The molecule has 0 aliphatic carbocycles. The topological polar surface area (TPSA) is 83.0 Å². The highest BCUT2D eigenvalue weighted by Crippen LogP contribution is 2.26. The summed E-state index contributed by atoms with van der Waals surface area (Å²) in [4.78, 5) is 11.7. The molecule has 0 bridgehead atoms. The standard InChI is InChI=1S/C18H20N4O3S/c1-11(2)13-5-7-14(8-6-13)22-18(19-20-21-22)26-10-15-9-16(12(3)25-15)17(23)24-4/h5-9,11H,10H2,1-4H3. The first kappa shape index (κ1) is 18.2. The van der Waals surface area contributed by atoms with Crippen LogP contribution in [-0.2, 0) is 10.5 Å². The molecule has 0 saturated carbocycles. The van der Waals surface area contributed by atoms with Crippen LogP contribution in [0.5, 0.6) is 0 Å². The first-order valence-corrected chi connectivity index (χ1v) is 9.17.